The van der Waals surface area contributed by atoms with Gasteiger partial charge in [0, 0.05) is 21.9 Å². The molecule has 0 heterocycles. The normalized spacial score (nSPS) is 10.1. The summed E-state index contributed by atoms with van der Waals surface area (Å²) in [4.78, 5) is 22.3. The first kappa shape index (κ1) is 14.2. The number of nitrogens with one attached hydrogen (secondary N) is 2. The maximum Gasteiger partial charge on any atom is 0.309 e. The van der Waals surface area contributed by atoms with Crippen molar-refractivity contribution in [1.29, 1.82) is 0 Å². The Balaban J connectivity index is 3.51. The van der Waals surface area contributed by atoms with E-state index in [0.29, 0.717) is 13.1 Å². The van der Waals surface area contributed by atoms with Gasteiger partial charge in [-0.25, -0.2) is 0 Å². The van der Waals surface area contributed by atoms with Crippen molar-refractivity contribution in [2.24, 2.45) is 0 Å². The second kappa shape index (κ2) is 8.46. The molecule has 0 spiro atoms. The summed E-state index contributed by atoms with van der Waals surface area (Å²) < 4.78 is 0. The van der Waals surface area contributed by atoms with Crippen molar-refractivity contribution in [2.45, 2.75) is 38.9 Å². The lowest BCUT2D eigenvalue weighted by Crippen LogP contribution is -2.40. The maximum atomic E-state index is 11.2. The van der Waals surface area contributed by atoms with Crippen LogP contribution in [0.5, 0.6) is 0 Å². The smallest absolute Gasteiger partial charge is 0.309 e. The monoisotopic (exact) mass is 230 g/mol. The molecule has 0 unspecified atom stereocenters. The molecule has 0 aliphatic rings. The van der Waals surface area contributed by atoms with Crippen molar-refractivity contribution >= 4 is 20.6 Å². The van der Waals surface area contributed by atoms with Gasteiger partial charge in [-0.2, -0.15) is 0 Å². The van der Waals surface area contributed by atoms with E-state index in [1.54, 1.807) is 0 Å². The van der Waals surface area contributed by atoms with Crippen LogP contribution in [0.1, 0.15) is 19.8 Å². The van der Waals surface area contributed by atoms with Gasteiger partial charge >= 0.3 is 11.8 Å². The Morgan fingerprint density at radius 2 is 1.60 bits per heavy atom. The fourth-order valence-corrected chi connectivity index (χ4v) is 2.13. The summed E-state index contributed by atoms with van der Waals surface area (Å²) in [5, 5.41) is 5.16. The Morgan fingerprint density at radius 1 is 1.07 bits per heavy atom. The van der Waals surface area contributed by atoms with E-state index in [4.69, 9.17) is 0 Å². The third-order valence-corrected chi connectivity index (χ3v) is 3.55. The summed E-state index contributed by atoms with van der Waals surface area (Å²) in [5.74, 6) is -1.02. The highest BCUT2D eigenvalue weighted by atomic mass is 28.3. The molecule has 0 fully saturated rings. The van der Waals surface area contributed by atoms with Crippen molar-refractivity contribution in [2.75, 3.05) is 13.1 Å². The number of hydrogen-bond donors (Lipinski definition) is 2. The van der Waals surface area contributed by atoms with Gasteiger partial charge in [0.2, 0.25) is 0 Å². The number of hydrogen-bond acceptors (Lipinski definition) is 2. The van der Waals surface area contributed by atoms with Crippen molar-refractivity contribution < 1.29 is 9.59 Å². The minimum Gasteiger partial charge on any atom is -0.348 e. The summed E-state index contributed by atoms with van der Waals surface area (Å²) >= 11 is 0. The Kier molecular flexibility index (Phi) is 7.99. The minimum atomic E-state index is -0.528. The molecule has 0 aromatic carbocycles. The van der Waals surface area contributed by atoms with Crippen LogP contribution in [-0.4, -0.2) is 33.7 Å². The van der Waals surface area contributed by atoms with Gasteiger partial charge in [0.05, 0.1) is 0 Å². The first-order valence-corrected chi connectivity index (χ1v) is 8.76. The first-order chi connectivity index (χ1) is 7.07. The zero-order chi connectivity index (χ0) is 11.7. The predicted octanol–water partition coefficient (Wildman–Crippen LogP) is 0.506. The molecular weight excluding hydrogens is 208 g/mol. The third-order valence-electron chi connectivity index (χ3n) is 1.99. The molecule has 0 atom stereocenters. The fourth-order valence-electron chi connectivity index (χ4n) is 1.11. The summed E-state index contributed by atoms with van der Waals surface area (Å²) in [5.41, 5.74) is 0. The maximum absolute atomic E-state index is 11.2. The summed E-state index contributed by atoms with van der Waals surface area (Å²) in [7, 11) is -0.528. The van der Waals surface area contributed by atoms with E-state index in [1.165, 1.54) is 6.04 Å². The van der Waals surface area contributed by atoms with Gasteiger partial charge in [0.15, 0.2) is 0 Å². The Morgan fingerprint density at radius 3 is 2.07 bits per heavy atom. The molecular formula is C10H22N2O2Si. The van der Waals surface area contributed by atoms with E-state index in [2.05, 4.69) is 23.7 Å². The average molecular weight is 230 g/mol. The van der Waals surface area contributed by atoms with Gasteiger partial charge in [-0.05, 0) is 12.8 Å². The van der Waals surface area contributed by atoms with Crippen molar-refractivity contribution in [3.8, 4) is 0 Å². The summed E-state index contributed by atoms with van der Waals surface area (Å²) in [6.07, 6.45) is 1.83. The quantitative estimate of drug-likeness (QED) is 0.397. The average Bonchev–Trinajstić information content (AvgIpc) is 2.20. The second-order valence-corrected chi connectivity index (χ2v) is 7.41. The molecule has 2 amide bonds. The highest BCUT2D eigenvalue weighted by molar-refractivity contribution is 6.55. The molecule has 0 saturated heterocycles. The lowest BCUT2D eigenvalue weighted by atomic mass is 10.4. The van der Waals surface area contributed by atoms with Gasteiger partial charge in [-0.15, -0.1) is 0 Å². The van der Waals surface area contributed by atoms with Crippen LogP contribution in [0, 0.1) is 0 Å². The van der Waals surface area contributed by atoms with Crippen LogP contribution in [0.3, 0.4) is 0 Å². The van der Waals surface area contributed by atoms with Crippen molar-refractivity contribution in [3.63, 3.8) is 0 Å². The molecule has 0 saturated carbocycles. The number of rotatable bonds is 6. The van der Waals surface area contributed by atoms with E-state index in [9.17, 15) is 9.59 Å². The van der Waals surface area contributed by atoms with Gasteiger partial charge in [0.25, 0.3) is 0 Å². The Hall–Kier alpha value is -0.843. The van der Waals surface area contributed by atoms with Crippen LogP contribution < -0.4 is 10.6 Å². The summed E-state index contributed by atoms with van der Waals surface area (Å²) in [6.45, 7) is 7.67. The highest BCUT2D eigenvalue weighted by Gasteiger charge is 2.10. The van der Waals surface area contributed by atoms with Gasteiger partial charge in [-0.3, -0.25) is 9.59 Å². The molecule has 0 bridgehead atoms. The number of amides is 2. The molecule has 0 aliphatic carbocycles. The van der Waals surface area contributed by atoms with Crippen molar-refractivity contribution in [1.82, 2.24) is 10.6 Å². The summed E-state index contributed by atoms with van der Waals surface area (Å²) in [6, 6.07) is 1.21. The van der Waals surface area contributed by atoms with E-state index >= 15 is 0 Å². The fraction of sp³-hybridized carbons (Fsp3) is 0.800. The molecule has 88 valence electrons. The zero-order valence-corrected chi connectivity index (χ0v) is 11.1. The molecule has 0 radical (unpaired) electrons. The van der Waals surface area contributed by atoms with Crippen LogP contribution in [0.25, 0.3) is 0 Å². The molecule has 0 rings (SSSR count). The number of carbonyl (C=O) groups is 2. The third kappa shape index (κ3) is 8.17. The van der Waals surface area contributed by atoms with E-state index < -0.39 is 20.6 Å². The van der Waals surface area contributed by atoms with E-state index in [0.717, 1.165) is 12.8 Å². The van der Waals surface area contributed by atoms with Crippen LogP contribution in [0.4, 0.5) is 0 Å². The van der Waals surface area contributed by atoms with Crippen LogP contribution >= 0.6 is 0 Å². The molecule has 5 heteroatoms. The lowest BCUT2D eigenvalue weighted by molar-refractivity contribution is -0.139. The van der Waals surface area contributed by atoms with Crippen molar-refractivity contribution in [3.05, 3.63) is 0 Å². The largest absolute Gasteiger partial charge is 0.348 e. The molecule has 0 aromatic heterocycles. The van der Waals surface area contributed by atoms with Gasteiger partial charge in [-0.1, -0.05) is 26.1 Å². The minimum absolute atomic E-state index is 0.506. The van der Waals surface area contributed by atoms with Crippen LogP contribution in [0.2, 0.25) is 19.1 Å². The standard InChI is InChI=1S/C10H22N2O2Si/c1-4-6-11-9(13)10(14)12-7-5-8-15(2)3/h15H,4-8H2,1-3H3,(H,11,13)(H,12,14). The Labute approximate surface area is 93.4 Å². The van der Waals surface area contributed by atoms with Crippen LogP contribution in [-0.2, 0) is 9.59 Å². The van der Waals surface area contributed by atoms with Gasteiger partial charge in [0.1, 0.15) is 0 Å². The topological polar surface area (TPSA) is 58.2 Å². The van der Waals surface area contributed by atoms with E-state index in [-0.39, 0.29) is 0 Å². The molecule has 15 heavy (non-hydrogen) atoms. The van der Waals surface area contributed by atoms with Crippen LogP contribution in [0.15, 0.2) is 0 Å². The SMILES string of the molecule is CCCNC(=O)C(=O)NCCC[SiH](C)C. The number of carbonyl (C=O) groups excluding carboxylic acids is 2. The molecule has 0 aromatic rings. The molecule has 4 nitrogen and oxygen atoms in total. The zero-order valence-electron chi connectivity index (χ0n) is 9.93. The molecule has 0 aliphatic heterocycles. The highest BCUT2D eigenvalue weighted by Crippen LogP contribution is 1.94. The second-order valence-electron chi connectivity index (χ2n) is 4.05. The Bertz CT molecular complexity index is 208. The van der Waals surface area contributed by atoms with Gasteiger partial charge < -0.3 is 10.6 Å². The molecule has 2 N–H and O–H groups in total. The van der Waals surface area contributed by atoms with E-state index in [1.807, 2.05) is 6.92 Å². The lowest BCUT2D eigenvalue weighted by Gasteiger charge is -2.06. The first-order valence-electron chi connectivity index (χ1n) is 5.64. The predicted molar refractivity (Wildman–Crippen MR) is 64.6 cm³/mol.